The normalized spacial score (nSPS) is 16.5. The summed E-state index contributed by atoms with van der Waals surface area (Å²) in [7, 11) is 0. The SMILES string of the molecule is CCC(C)c1ccc(OCCCCn2c(C3CC(=O)N(c4ccccc4F)C3)nc3ccccc32)cc1. The number of anilines is 1. The van der Waals surface area contributed by atoms with E-state index < -0.39 is 0 Å². The summed E-state index contributed by atoms with van der Waals surface area (Å²) < 4.78 is 22.6. The highest BCUT2D eigenvalue weighted by molar-refractivity contribution is 5.96. The monoisotopic (exact) mass is 499 g/mol. The highest BCUT2D eigenvalue weighted by Gasteiger charge is 2.35. The molecule has 1 aliphatic rings. The molecular formula is C31H34FN3O2. The van der Waals surface area contributed by atoms with Gasteiger partial charge in [0.25, 0.3) is 0 Å². The molecule has 0 saturated carbocycles. The first-order valence-corrected chi connectivity index (χ1v) is 13.3. The van der Waals surface area contributed by atoms with Gasteiger partial charge in [-0.3, -0.25) is 4.79 Å². The number of carbonyl (C=O) groups is 1. The summed E-state index contributed by atoms with van der Waals surface area (Å²) in [4.78, 5) is 19.3. The fraction of sp³-hybridized carbons (Fsp3) is 0.355. The van der Waals surface area contributed by atoms with Crippen LogP contribution in [0.3, 0.4) is 0 Å². The number of ether oxygens (including phenoxy) is 1. The van der Waals surface area contributed by atoms with Gasteiger partial charge in [-0.15, -0.1) is 0 Å². The van der Waals surface area contributed by atoms with E-state index in [2.05, 4.69) is 48.7 Å². The number of benzene rings is 3. The number of rotatable bonds is 10. The van der Waals surface area contributed by atoms with Gasteiger partial charge in [0.05, 0.1) is 23.3 Å². The van der Waals surface area contributed by atoms with Crippen molar-refractivity contribution in [3.63, 3.8) is 0 Å². The number of hydrogen-bond donors (Lipinski definition) is 0. The number of aromatic nitrogens is 2. The molecule has 1 amide bonds. The maximum atomic E-state index is 14.4. The predicted molar refractivity (Wildman–Crippen MR) is 146 cm³/mol. The van der Waals surface area contributed by atoms with Crippen LogP contribution in [0.2, 0.25) is 0 Å². The zero-order valence-electron chi connectivity index (χ0n) is 21.6. The Labute approximate surface area is 217 Å². The van der Waals surface area contributed by atoms with Crippen LogP contribution in [0.25, 0.3) is 11.0 Å². The van der Waals surface area contributed by atoms with Crippen molar-refractivity contribution in [2.75, 3.05) is 18.1 Å². The third-order valence-corrected chi connectivity index (χ3v) is 7.42. The van der Waals surface area contributed by atoms with E-state index in [1.54, 1.807) is 23.1 Å². The Morgan fingerprint density at radius 1 is 1.03 bits per heavy atom. The van der Waals surface area contributed by atoms with Gasteiger partial charge in [-0.05, 0) is 67.1 Å². The van der Waals surface area contributed by atoms with E-state index in [1.807, 2.05) is 18.2 Å². The Kier molecular flexibility index (Phi) is 7.54. The average Bonchev–Trinajstić information content (AvgIpc) is 3.49. The summed E-state index contributed by atoms with van der Waals surface area (Å²) in [6.07, 6.45) is 3.29. The maximum Gasteiger partial charge on any atom is 0.227 e. The molecule has 2 heterocycles. The Morgan fingerprint density at radius 2 is 1.78 bits per heavy atom. The van der Waals surface area contributed by atoms with Crippen LogP contribution in [0.4, 0.5) is 10.1 Å². The van der Waals surface area contributed by atoms with Gasteiger partial charge in [0, 0.05) is 25.4 Å². The van der Waals surface area contributed by atoms with Gasteiger partial charge in [0.15, 0.2) is 0 Å². The molecular weight excluding hydrogens is 465 g/mol. The first-order valence-electron chi connectivity index (χ1n) is 13.3. The molecule has 2 atom stereocenters. The van der Waals surface area contributed by atoms with E-state index in [0.29, 0.717) is 31.2 Å². The molecule has 1 aliphatic heterocycles. The van der Waals surface area contributed by atoms with Crippen molar-refractivity contribution in [2.24, 2.45) is 0 Å². The number of carbonyl (C=O) groups excluding carboxylic acids is 1. The third-order valence-electron chi connectivity index (χ3n) is 7.42. The smallest absolute Gasteiger partial charge is 0.227 e. The molecule has 0 N–H and O–H groups in total. The van der Waals surface area contributed by atoms with Crippen molar-refractivity contribution in [3.05, 3.63) is 90.0 Å². The van der Waals surface area contributed by atoms with E-state index in [4.69, 9.17) is 9.72 Å². The molecule has 0 radical (unpaired) electrons. The Bertz CT molecular complexity index is 1360. The van der Waals surface area contributed by atoms with Crippen LogP contribution in [0.5, 0.6) is 5.75 Å². The van der Waals surface area contributed by atoms with Crippen LogP contribution in [-0.4, -0.2) is 28.6 Å². The number of imidazole rings is 1. The number of aryl methyl sites for hydroxylation is 1. The quantitative estimate of drug-likeness (QED) is 0.219. The van der Waals surface area contributed by atoms with Crippen molar-refractivity contribution in [3.8, 4) is 5.75 Å². The molecule has 37 heavy (non-hydrogen) atoms. The van der Waals surface area contributed by atoms with Crippen molar-refractivity contribution < 1.29 is 13.9 Å². The van der Waals surface area contributed by atoms with Crippen LogP contribution >= 0.6 is 0 Å². The molecule has 4 aromatic rings. The van der Waals surface area contributed by atoms with E-state index >= 15 is 0 Å². The first kappa shape index (κ1) is 25.0. The van der Waals surface area contributed by atoms with E-state index in [-0.39, 0.29) is 17.6 Å². The van der Waals surface area contributed by atoms with Gasteiger partial charge in [0.1, 0.15) is 17.4 Å². The molecule has 192 valence electrons. The Morgan fingerprint density at radius 3 is 2.57 bits per heavy atom. The first-order chi connectivity index (χ1) is 18.0. The fourth-order valence-electron chi connectivity index (χ4n) is 5.12. The van der Waals surface area contributed by atoms with Crippen LogP contribution < -0.4 is 9.64 Å². The maximum absolute atomic E-state index is 14.4. The van der Waals surface area contributed by atoms with Crippen LogP contribution in [0, 0.1) is 5.82 Å². The molecule has 1 aromatic heterocycles. The zero-order valence-corrected chi connectivity index (χ0v) is 21.6. The average molecular weight is 500 g/mol. The summed E-state index contributed by atoms with van der Waals surface area (Å²) >= 11 is 0. The van der Waals surface area contributed by atoms with Crippen molar-refractivity contribution in [1.82, 2.24) is 9.55 Å². The fourth-order valence-corrected chi connectivity index (χ4v) is 5.12. The van der Waals surface area contributed by atoms with Crippen LogP contribution in [0.15, 0.2) is 72.8 Å². The predicted octanol–water partition coefficient (Wildman–Crippen LogP) is 7.07. The second kappa shape index (κ2) is 11.2. The van der Waals surface area contributed by atoms with Gasteiger partial charge in [0.2, 0.25) is 5.91 Å². The van der Waals surface area contributed by atoms with E-state index in [0.717, 1.165) is 48.4 Å². The highest BCUT2D eigenvalue weighted by Crippen LogP contribution is 2.34. The second-order valence-electron chi connectivity index (χ2n) is 9.90. The largest absolute Gasteiger partial charge is 0.494 e. The molecule has 1 fully saturated rings. The number of para-hydroxylation sites is 3. The number of fused-ring (bicyclic) bond motifs is 1. The molecule has 1 saturated heterocycles. The van der Waals surface area contributed by atoms with Gasteiger partial charge in [-0.2, -0.15) is 0 Å². The van der Waals surface area contributed by atoms with Crippen LogP contribution in [-0.2, 0) is 11.3 Å². The molecule has 3 aromatic carbocycles. The van der Waals surface area contributed by atoms with Crippen molar-refractivity contribution in [2.45, 2.75) is 57.9 Å². The standard InChI is InChI=1S/C31H34FN3O2/c1-3-22(2)23-14-16-25(17-15-23)37-19-9-8-18-34-29-13-7-5-11-27(29)33-31(34)24-20-30(36)35(21-24)28-12-6-4-10-26(28)32/h4-7,10-17,22,24H,3,8-9,18-21H2,1-2H3. The lowest BCUT2D eigenvalue weighted by Gasteiger charge is -2.18. The van der Waals surface area contributed by atoms with Crippen LogP contribution in [0.1, 0.15) is 62.8 Å². The van der Waals surface area contributed by atoms with E-state index in [9.17, 15) is 9.18 Å². The summed E-state index contributed by atoms with van der Waals surface area (Å²) in [5.74, 6) is 1.83. The molecule has 0 aliphatic carbocycles. The van der Waals surface area contributed by atoms with Gasteiger partial charge in [-0.25, -0.2) is 9.37 Å². The summed E-state index contributed by atoms with van der Waals surface area (Å²) in [6.45, 7) is 6.31. The lowest BCUT2D eigenvalue weighted by atomic mass is 9.99. The third kappa shape index (κ3) is 5.38. The minimum Gasteiger partial charge on any atom is -0.494 e. The summed E-state index contributed by atoms with van der Waals surface area (Å²) in [6, 6.07) is 23.0. The zero-order chi connectivity index (χ0) is 25.8. The number of unbranched alkanes of at least 4 members (excludes halogenated alkanes) is 1. The van der Waals surface area contributed by atoms with Crippen molar-refractivity contribution in [1.29, 1.82) is 0 Å². The molecule has 0 bridgehead atoms. The van der Waals surface area contributed by atoms with Gasteiger partial charge >= 0.3 is 0 Å². The number of amides is 1. The highest BCUT2D eigenvalue weighted by atomic mass is 19.1. The number of nitrogens with zero attached hydrogens (tertiary/aromatic N) is 3. The number of hydrogen-bond acceptors (Lipinski definition) is 3. The topological polar surface area (TPSA) is 47.4 Å². The second-order valence-corrected chi connectivity index (χ2v) is 9.90. The van der Waals surface area contributed by atoms with E-state index in [1.165, 1.54) is 11.6 Å². The van der Waals surface area contributed by atoms with Crippen molar-refractivity contribution >= 4 is 22.6 Å². The number of halogens is 1. The minimum absolute atomic E-state index is 0.0681. The lowest BCUT2D eigenvalue weighted by molar-refractivity contribution is -0.117. The minimum atomic E-state index is -0.375. The molecule has 6 heteroatoms. The lowest BCUT2D eigenvalue weighted by Crippen LogP contribution is -2.25. The molecule has 5 rings (SSSR count). The molecule has 2 unspecified atom stereocenters. The summed E-state index contributed by atoms with van der Waals surface area (Å²) in [5, 5.41) is 0. The molecule has 5 nitrogen and oxygen atoms in total. The molecule has 0 spiro atoms. The summed E-state index contributed by atoms with van der Waals surface area (Å²) in [5.41, 5.74) is 3.67. The Balaban J connectivity index is 1.24. The van der Waals surface area contributed by atoms with Gasteiger partial charge < -0.3 is 14.2 Å². The van der Waals surface area contributed by atoms with Gasteiger partial charge in [-0.1, -0.05) is 50.2 Å². The Hall–Kier alpha value is -3.67.